The highest BCUT2D eigenvalue weighted by Gasteiger charge is 2.11. The first-order valence-electron chi connectivity index (χ1n) is 3.17. The minimum absolute atomic E-state index is 0.156. The fourth-order valence-corrected chi connectivity index (χ4v) is 2.09. The minimum Gasteiger partial charge on any atom is -0.543 e. The Balaban J connectivity index is 3.38. The molecule has 70 valence electrons. The predicted molar refractivity (Wildman–Crippen MR) is 50.5 cm³/mol. The number of ether oxygens (including phenoxy) is 1. The van der Waals surface area contributed by atoms with Gasteiger partial charge in [0, 0.05) is 0 Å². The maximum atomic E-state index is 10.6. The van der Waals surface area contributed by atoms with Crippen LogP contribution in [0, 0.1) is 0 Å². The Bertz CT molecular complexity index is 354. The fourth-order valence-electron chi connectivity index (χ4n) is 0.806. The Morgan fingerprint density at radius 3 is 2.69 bits per heavy atom. The molecular formula is C7H4Br2NO3-. The first-order chi connectivity index (χ1) is 6.06. The van der Waals surface area contributed by atoms with Gasteiger partial charge in [0.25, 0.3) is 0 Å². The zero-order valence-electron chi connectivity index (χ0n) is 6.51. The molecule has 6 heteroatoms. The van der Waals surface area contributed by atoms with Crippen LogP contribution in [0.15, 0.2) is 15.1 Å². The van der Waals surface area contributed by atoms with Gasteiger partial charge in [-0.2, -0.15) is 0 Å². The number of hydrogen-bond donors (Lipinski definition) is 0. The molecule has 4 nitrogen and oxygen atoms in total. The second kappa shape index (κ2) is 4.06. The first-order valence-corrected chi connectivity index (χ1v) is 4.76. The number of nitrogens with zero attached hydrogens (tertiary/aromatic N) is 1. The molecule has 0 aromatic carbocycles. The zero-order chi connectivity index (χ0) is 10.0. The van der Waals surface area contributed by atoms with Gasteiger partial charge in [-0.1, -0.05) is 0 Å². The van der Waals surface area contributed by atoms with E-state index in [-0.39, 0.29) is 11.4 Å². The van der Waals surface area contributed by atoms with Crippen molar-refractivity contribution >= 4 is 37.8 Å². The van der Waals surface area contributed by atoms with Crippen molar-refractivity contribution in [2.75, 3.05) is 7.11 Å². The molecule has 1 heterocycles. The van der Waals surface area contributed by atoms with Crippen LogP contribution in [0.2, 0.25) is 0 Å². The Morgan fingerprint density at radius 1 is 1.62 bits per heavy atom. The molecule has 0 saturated heterocycles. The van der Waals surface area contributed by atoms with Crippen molar-refractivity contribution in [3.63, 3.8) is 0 Å². The number of methoxy groups -OCH3 is 1. The van der Waals surface area contributed by atoms with Crippen molar-refractivity contribution in [2.45, 2.75) is 0 Å². The number of carboxylic acids is 1. The van der Waals surface area contributed by atoms with E-state index in [1.165, 1.54) is 7.11 Å². The third kappa shape index (κ3) is 2.19. The highest BCUT2D eigenvalue weighted by Crippen LogP contribution is 2.29. The number of rotatable bonds is 2. The Kier molecular flexibility index (Phi) is 3.27. The molecule has 0 atom stereocenters. The highest BCUT2D eigenvalue weighted by molar-refractivity contribution is 9.11. The molecule has 1 aromatic heterocycles. The molecule has 1 rings (SSSR count). The summed E-state index contributed by atoms with van der Waals surface area (Å²) in [4.78, 5) is 14.3. The van der Waals surface area contributed by atoms with E-state index in [4.69, 9.17) is 4.74 Å². The molecule has 0 saturated carbocycles. The van der Waals surface area contributed by atoms with Crippen LogP contribution in [-0.4, -0.2) is 18.1 Å². The molecule has 0 unspecified atom stereocenters. The van der Waals surface area contributed by atoms with E-state index in [2.05, 4.69) is 36.8 Å². The maximum Gasteiger partial charge on any atom is 0.160 e. The summed E-state index contributed by atoms with van der Waals surface area (Å²) >= 11 is 6.20. The summed E-state index contributed by atoms with van der Waals surface area (Å²) in [6.45, 7) is 0. The Morgan fingerprint density at radius 2 is 2.23 bits per heavy atom. The van der Waals surface area contributed by atoms with Gasteiger partial charge in [-0.3, -0.25) is 0 Å². The number of halogens is 2. The smallest absolute Gasteiger partial charge is 0.160 e. The molecular weight excluding hydrogens is 306 g/mol. The monoisotopic (exact) mass is 308 g/mol. The lowest BCUT2D eigenvalue weighted by molar-refractivity contribution is -0.255. The van der Waals surface area contributed by atoms with Gasteiger partial charge in [-0.25, -0.2) is 4.98 Å². The highest BCUT2D eigenvalue weighted by atomic mass is 79.9. The van der Waals surface area contributed by atoms with E-state index < -0.39 is 5.97 Å². The van der Waals surface area contributed by atoms with E-state index in [9.17, 15) is 9.90 Å². The molecule has 0 spiro atoms. The van der Waals surface area contributed by atoms with Crippen LogP contribution >= 0.6 is 31.9 Å². The molecule has 0 aliphatic heterocycles. The topological polar surface area (TPSA) is 62.2 Å². The van der Waals surface area contributed by atoms with Crippen molar-refractivity contribution in [3.8, 4) is 5.75 Å². The van der Waals surface area contributed by atoms with Crippen molar-refractivity contribution in [2.24, 2.45) is 0 Å². The largest absolute Gasteiger partial charge is 0.543 e. The van der Waals surface area contributed by atoms with Gasteiger partial charge in [-0.15, -0.1) is 0 Å². The normalized spacial score (nSPS) is 9.77. The van der Waals surface area contributed by atoms with Gasteiger partial charge in [0.05, 0.1) is 17.6 Å². The minimum atomic E-state index is -1.38. The number of hydrogen-bond acceptors (Lipinski definition) is 4. The Hall–Kier alpha value is -0.620. The average Bonchev–Trinajstić information content (AvgIpc) is 2.02. The van der Waals surface area contributed by atoms with Gasteiger partial charge in [0.2, 0.25) is 0 Å². The third-order valence-electron chi connectivity index (χ3n) is 1.29. The number of carbonyl (C=O) groups is 1. The van der Waals surface area contributed by atoms with Crippen LogP contribution < -0.4 is 9.84 Å². The summed E-state index contributed by atoms with van der Waals surface area (Å²) in [6.07, 6.45) is 0. The second-order valence-electron chi connectivity index (χ2n) is 2.10. The second-order valence-corrected chi connectivity index (χ2v) is 3.76. The summed E-state index contributed by atoms with van der Waals surface area (Å²) in [5.74, 6) is -1.22. The quantitative estimate of drug-likeness (QED) is 0.764. The molecule has 0 amide bonds. The number of aromatic carboxylic acids is 1. The molecule has 0 aliphatic carbocycles. The lowest BCUT2D eigenvalue weighted by atomic mass is 10.3. The van der Waals surface area contributed by atoms with Gasteiger partial charge in [-0.05, 0) is 37.9 Å². The van der Waals surface area contributed by atoms with Crippen LogP contribution in [0.3, 0.4) is 0 Å². The van der Waals surface area contributed by atoms with E-state index in [0.29, 0.717) is 9.08 Å². The summed E-state index contributed by atoms with van der Waals surface area (Å²) in [7, 11) is 1.36. The number of carbonyl (C=O) groups excluding carboxylic acids is 1. The number of aromatic nitrogens is 1. The van der Waals surface area contributed by atoms with Gasteiger partial charge in [0.1, 0.15) is 10.3 Å². The molecule has 1 aromatic rings. The standard InChI is InChI=1S/C7H5Br2NO3/c1-13-6-3(8)2-4(9)10-5(6)7(11)12/h2H,1H3,(H,11,12)/p-1. The summed E-state index contributed by atoms with van der Waals surface area (Å²) in [5, 5.41) is 10.6. The summed E-state index contributed by atoms with van der Waals surface area (Å²) in [5.41, 5.74) is -0.233. The molecule has 0 N–H and O–H groups in total. The average molecular weight is 310 g/mol. The molecule has 13 heavy (non-hydrogen) atoms. The van der Waals surface area contributed by atoms with Gasteiger partial charge in [0.15, 0.2) is 5.75 Å². The summed E-state index contributed by atoms with van der Waals surface area (Å²) < 4.78 is 5.75. The van der Waals surface area contributed by atoms with Crippen LogP contribution in [-0.2, 0) is 0 Å². The molecule has 0 aliphatic rings. The van der Waals surface area contributed by atoms with Gasteiger partial charge < -0.3 is 14.6 Å². The molecule has 0 bridgehead atoms. The van der Waals surface area contributed by atoms with Crippen LogP contribution in [0.25, 0.3) is 0 Å². The van der Waals surface area contributed by atoms with Crippen molar-refractivity contribution in [1.29, 1.82) is 0 Å². The molecule has 0 radical (unpaired) electrons. The lowest BCUT2D eigenvalue weighted by Gasteiger charge is -2.10. The summed E-state index contributed by atoms with van der Waals surface area (Å²) in [6, 6.07) is 1.59. The fraction of sp³-hybridized carbons (Fsp3) is 0.143. The van der Waals surface area contributed by atoms with E-state index in [0.717, 1.165) is 0 Å². The van der Waals surface area contributed by atoms with E-state index in [1.54, 1.807) is 6.07 Å². The lowest BCUT2D eigenvalue weighted by Crippen LogP contribution is -2.24. The molecule has 0 fully saturated rings. The van der Waals surface area contributed by atoms with E-state index in [1.807, 2.05) is 0 Å². The van der Waals surface area contributed by atoms with Crippen molar-refractivity contribution < 1.29 is 14.6 Å². The third-order valence-corrected chi connectivity index (χ3v) is 2.29. The van der Waals surface area contributed by atoms with Crippen molar-refractivity contribution in [3.05, 3.63) is 20.8 Å². The van der Waals surface area contributed by atoms with Crippen molar-refractivity contribution in [1.82, 2.24) is 4.98 Å². The zero-order valence-corrected chi connectivity index (χ0v) is 9.68. The van der Waals surface area contributed by atoms with E-state index >= 15 is 0 Å². The predicted octanol–water partition coefficient (Wildman–Crippen LogP) is 0.979. The number of carboxylic acid groups (broad SMARTS) is 1. The Labute approximate surface area is 91.2 Å². The SMILES string of the molecule is COc1c(Br)cc(Br)nc1C(=O)[O-]. The van der Waals surface area contributed by atoms with Gasteiger partial charge >= 0.3 is 0 Å². The first kappa shape index (κ1) is 10.5. The number of pyridine rings is 1. The van der Waals surface area contributed by atoms with Crippen LogP contribution in [0.5, 0.6) is 5.75 Å². The van der Waals surface area contributed by atoms with Crippen LogP contribution in [0.4, 0.5) is 0 Å². The van der Waals surface area contributed by atoms with Crippen LogP contribution in [0.1, 0.15) is 10.5 Å². The maximum absolute atomic E-state index is 10.6.